The Balaban J connectivity index is 1.99. The van der Waals surface area contributed by atoms with Gasteiger partial charge >= 0.3 is 0 Å². The third-order valence-electron chi connectivity index (χ3n) is 3.98. The number of hydrogen-bond donors (Lipinski definition) is 1. The molecule has 0 spiro atoms. The highest BCUT2D eigenvalue weighted by atomic mass is 79.9. The van der Waals surface area contributed by atoms with E-state index >= 15 is 0 Å². The molecule has 2 rings (SSSR count). The zero-order valence-electron chi connectivity index (χ0n) is 11.1. The van der Waals surface area contributed by atoms with Crippen molar-refractivity contribution in [2.45, 2.75) is 45.2 Å². The van der Waals surface area contributed by atoms with Crippen molar-refractivity contribution in [2.24, 2.45) is 5.92 Å². The monoisotopic (exact) mass is 326 g/mol. The topological polar surface area (TPSA) is 55.2 Å². The third kappa shape index (κ3) is 3.54. The molecule has 1 aliphatic rings. The minimum atomic E-state index is -0.353. The lowest BCUT2D eigenvalue weighted by atomic mass is 9.99. The molecular formula is C14H19BrN2O2. The van der Waals surface area contributed by atoms with Crippen molar-refractivity contribution in [3.05, 3.63) is 38.3 Å². The van der Waals surface area contributed by atoms with Crippen LogP contribution in [0.2, 0.25) is 0 Å². The maximum absolute atomic E-state index is 10.9. The third-order valence-corrected chi connectivity index (χ3v) is 4.89. The van der Waals surface area contributed by atoms with Crippen molar-refractivity contribution in [2.75, 3.05) is 0 Å². The van der Waals surface area contributed by atoms with Crippen LogP contribution in [0.25, 0.3) is 0 Å². The predicted octanol–water partition coefficient (Wildman–Crippen LogP) is 4.03. The second-order valence-electron chi connectivity index (χ2n) is 5.22. The van der Waals surface area contributed by atoms with Crippen molar-refractivity contribution in [1.29, 1.82) is 0 Å². The fourth-order valence-electron chi connectivity index (χ4n) is 2.74. The van der Waals surface area contributed by atoms with Crippen molar-refractivity contribution in [3.8, 4) is 0 Å². The summed E-state index contributed by atoms with van der Waals surface area (Å²) < 4.78 is 0.589. The SMILES string of the molecule is C[C@H](NCc1cccc([N+](=O)[O-])c1Br)C1CCCC1. The van der Waals surface area contributed by atoms with Gasteiger partial charge in [-0.05, 0) is 47.2 Å². The van der Waals surface area contributed by atoms with Crippen LogP contribution >= 0.6 is 15.9 Å². The minimum Gasteiger partial charge on any atom is -0.310 e. The molecular weight excluding hydrogens is 308 g/mol. The maximum atomic E-state index is 10.9. The number of nitro benzene ring substituents is 1. The highest BCUT2D eigenvalue weighted by Gasteiger charge is 2.21. The number of nitro groups is 1. The zero-order chi connectivity index (χ0) is 13.8. The number of nitrogens with zero attached hydrogens (tertiary/aromatic N) is 1. The summed E-state index contributed by atoms with van der Waals surface area (Å²) in [5.41, 5.74) is 1.08. The molecule has 0 aliphatic heterocycles. The van der Waals surface area contributed by atoms with E-state index in [0.717, 1.165) is 11.5 Å². The highest BCUT2D eigenvalue weighted by Crippen LogP contribution is 2.30. The Kier molecular flexibility index (Phi) is 4.93. The lowest BCUT2D eigenvalue weighted by Crippen LogP contribution is -2.31. The summed E-state index contributed by atoms with van der Waals surface area (Å²) in [6.45, 7) is 2.88. The highest BCUT2D eigenvalue weighted by molar-refractivity contribution is 9.10. The standard InChI is InChI=1S/C14H19BrN2O2/c1-10(11-5-2-3-6-11)16-9-12-7-4-8-13(14(12)15)17(18)19/h4,7-8,10-11,16H,2-3,5-6,9H2,1H3/t10-/m0/s1. The molecule has 1 aromatic carbocycles. The zero-order valence-corrected chi connectivity index (χ0v) is 12.6. The normalized spacial score (nSPS) is 17.6. The fourth-order valence-corrected chi connectivity index (χ4v) is 3.29. The molecule has 19 heavy (non-hydrogen) atoms. The molecule has 0 bridgehead atoms. The molecule has 0 saturated heterocycles. The Bertz CT molecular complexity index is 459. The molecule has 1 fully saturated rings. The molecule has 4 nitrogen and oxygen atoms in total. The summed E-state index contributed by atoms with van der Waals surface area (Å²) in [5.74, 6) is 0.748. The van der Waals surface area contributed by atoms with Crippen LogP contribution in [0.3, 0.4) is 0 Å². The molecule has 1 atom stereocenters. The van der Waals surface area contributed by atoms with Crippen molar-refractivity contribution in [3.63, 3.8) is 0 Å². The summed E-state index contributed by atoms with van der Waals surface area (Å²) >= 11 is 3.33. The quantitative estimate of drug-likeness (QED) is 0.656. The van der Waals surface area contributed by atoms with Gasteiger partial charge < -0.3 is 5.32 Å². The van der Waals surface area contributed by atoms with E-state index in [1.165, 1.54) is 31.7 Å². The molecule has 0 aromatic heterocycles. The van der Waals surface area contributed by atoms with Crippen molar-refractivity contribution in [1.82, 2.24) is 5.32 Å². The number of nitrogens with one attached hydrogen (secondary N) is 1. The van der Waals surface area contributed by atoms with E-state index in [9.17, 15) is 10.1 Å². The Hall–Kier alpha value is -0.940. The smallest absolute Gasteiger partial charge is 0.283 e. The van der Waals surface area contributed by atoms with E-state index in [4.69, 9.17) is 0 Å². The average Bonchev–Trinajstić information content (AvgIpc) is 2.90. The van der Waals surface area contributed by atoms with Crippen LogP contribution in [0.1, 0.15) is 38.2 Å². The van der Waals surface area contributed by atoms with E-state index in [-0.39, 0.29) is 10.6 Å². The van der Waals surface area contributed by atoms with Crippen molar-refractivity contribution < 1.29 is 4.92 Å². The average molecular weight is 327 g/mol. The predicted molar refractivity (Wildman–Crippen MR) is 79.1 cm³/mol. The lowest BCUT2D eigenvalue weighted by molar-refractivity contribution is -0.385. The molecule has 1 saturated carbocycles. The van der Waals surface area contributed by atoms with Crippen LogP contribution in [-0.4, -0.2) is 11.0 Å². The van der Waals surface area contributed by atoms with E-state index in [0.29, 0.717) is 17.1 Å². The Labute approximate surface area is 121 Å². The first kappa shape index (κ1) is 14.5. The molecule has 104 valence electrons. The first-order valence-electron chi connectivity index (χ1n) is 6.74. The summed E-state index contributed by atoms with van der Waals surface area (Å²) in [7, 11) is 0. The summed E-state index contributed by atoms with van der Waals surface area (Å²) in [6, 6.07) is 5.65. The molecule has 0 unspecified atom stereocenters. The van der Waals surface area contributed by atoms with Crippen LogP contribution in [0.15, 0.2) is 22.7 Å². The first-order valence-corrected chi connectivity index (χ1v) is 7.54. The van der Waals surface area contributed by atoms with E-state index < -0.39 is 0 Å². The number of halogens is 1. The number of benzene rings is 1. The van der Waals surface area contributed by atoms with E-state index in [2.05, 4.69) is 28.2 Å². The van der Waals surface area contributed by atoms with Gasteiger partial charge in [0.1, 0.15) is 0 Å². The Morgan fingerprint density at radius 1 is 1.47 bits per heavy atom. The second-order valence-corrected chi connectivity index (χ2v) is 6.01. The van der Waals surface area contributed by atoms with Crippen LogP contribution in [0, 0.1) is 16.0 Å². The number of hydrogen-bond acceptors (Lipinski definition) is 3. The van der Waals surface area contributed by atoms with Gasteiger partial charge in [0.25, 0.3) is 5.69 Å². The minimum absolute atomic E-state index is 0.132. The lowest BCUT2D eigenvalue weighted by Gasteiger charge is -2.20. The Morgan fingerprint density at radius 3 is 2.79 bits per heavy atom. The molecule has 1 aromatic rings. The van der Waals surface area contributed by atoms with Crippen molar-refractivity contribution >= 4 is 21.6 Å². The Morgan fingerprint density at radius 2 is 2.16 bits per heavy atom. The molecule has 0 heterocycles. The van der Waals surface area contributed by atoms with Gasteiger partial charge in [0.05, 0.1) is 9.40 Å². The van der Waals surface area contributed by atoms with Gasteiger partial charge in [0.2, 0.25) is 0 Å². The van der Waals surface area contributed by atoms with Gasteiger partial charge in [0.15, 0.2) is 0 Å². The van der Waals surface area contributed by atoms with Crippen LogP contribution in [-0.2, 0) is 6.54 Å². The van der Waals surface area contributed by atoms with Crippen LogP contribution in [0.5, 0.6) is 0 Å². The van der Waals surface area contributed by atoms with Gasteiger partial charge in [-0.25, -0.2) is 0 Å². The molecule has 0 radical (unpaired) electrons. The van der Waals surface area contributed by atoms with Gasteiger partial charge in [-0.3, -0.25) is 10.1 Å². The van der Waals surface area contributed by atoms with Gasteiger partial charge in [-0.15, -0.1) is 0 Å². The molecule has 1 aliphatic carbocycles. The maximum Gasteiger partial charge on any atom is 0.283 e. The largest absolute Gasteiger partial charge is 0.310 e. The van der Waals surface area contributed by atoms with E-state index in [1.807, 2.05) is 6.07 Å². The summed E-state index contributed by atoms with van der Waals surface area (Å²) in [5, 5.41) is 14.4. The number of rotatable bonds is 5. The molecule has 0 amide bonds. The van der Waals surface area contributed by atoms with Gasteiger partial charge in [-0.2, -0.15) is 0 Å². The fraction of sp³-hybridized carbons (Fsp3) is 0.571. The molecule has 5 heteroatoms. The molecule has 1 N–H and O–H groups in total. The van der Waals surface area contributed by atoms with Crippen LogP contribution < -0.4 is 5.32 Å². The first-order chi connectivity index (χ1) is 9.09. The summed E-state index contributed by atoms with van der Waals surface area (Å²) in [6.07, 6.45) is 5.25. The van der Waals surface area contributed by atoms with E-state index in [1.54, 1.807) is 6.07 Å². The second kappa shape index (κ2) is 6.48. The van der Waals surface area contributed by atoms with Gasteiger partial charge in [0, 0.05) is 18.7 Å². The van der Waals surface area contributed by atoms with Crippen LogP contribution in [0.4, 0.5) is 5.69 Å². The summed E-state index contributed by atoms with van der Waals surface area (Å²) in [4.78, 5) is 10.5. The van der Waals surface area contributed by atoms with Gasteiger partial charge in [-0.1, -0.05) is 25.0 Å².